The highest BCUT2D eigenvalue weighted by atomic mass is 16.5. The van der Waals surface area contributed by atoms with Crippen LogP contribution in [0.25, 0.3) is 0 Å². The fourth-order valence-electron chi connectivity index (χ4n) is 4.04. The summed E-state index contributed by atoms with van der Waals surface area (Å²) in [6.07, 6.45) is 4.12. The summed E-state index contributed by atoms with van der Waals surface area (Å²) < 4.78 is 5.28. The van der Waals surface area contributed by atoms with Gasteiger partial charge in [0.25, 0.3) is 5.95 Å². The number of anilines is 2. The number of piperidine rings is 1. The predicted molar refractivity (Wildman–Crippen MR) is 103 cm³/mol. The lowest BCUT2D eigenvalue weighted by Crippen LogP contribution is -2.59. The summed E-state index contributed by atoms with van der Waals surface area (Å²) in [5, 5.41) is 14.8. The minimum atomic E-state index is -0.409. The van der Waals surface area contributed by atoms with Gasteiger partial charge in [-0.2, -0.15) is 4.98 Å². The van der Waals surface area contributed by atoms with Crippen molar-refractivity contribution in [1.82, 2.24) is 20.0 Å². The molecule has 146 valence electrons. The highest BCUT2D eigenvalue weighted by Crippen LogP contribution is 2.23. The maximum atomic E-state index is 10.8. The first-order valence-electron chi connectivity index (χ1n) is 9.90. The van der Waals surface area contributed by atoms with Crippen LogP contribution in [0.1, 0.15) is 25.7 Å². The van der Waals surface area contributed by atoms with Crippen LogP contribution in [-0.4, -0.2) is 76.5 Å². The van der Waals surface area contributed by atoms with Crippen LogP contribution in [0.2, 0.25) is 0 Å². The van der Waals surface area contributed by atoms with Crippen molar-refractivity contribution in [3.63, 3.8) is 0 Å². The van der Waals surface area contributed by atoms with Gasteiger partial charge in [-0.15, -0.1) is 0 Å². The van der Waals surface area contributed by atoms with Gasteiger partial charge >= 0.3 is 0 Å². The van der Waals surface area contributed by atoms with Crippen molar-refractivity contribution in [3.8, 4) is 0 Å². The second-order valence-electron chi connectivity index (χ2n) is 7.32. The van der Waals surface area contributed by atoms with Gasteiger partial charge in [-0.05, 0) is 30.1 Å². The molecule has 2 saturated heterocycles. The standard InChI is InChI=1S/C19H28N6O2/c1-2-5-18-21-19(22-27-18)25-9-7-15(16(26)14-25)23-10-12-24(13-11-23)17-6-3-4-8-20-17/h3-4,6,8,15-16,26H,2,5,7,9-14H2,1H3/t15-,16-/m1/s1. The Labute approximate surface area is 159 Å². The largest absolute Gasteiger partial charge is 0.390 e. The molecule has 27 heavy (non-hydrogen) atoms. The van der Waals surface area contributed by atoms with E-state index in [2.05, 4.69) is 37.9 Å². The third-order valence-corrected chi connectivity index (χ3v) is 5.51. The van der Waals surface area contributed by atoms with Crippen LogP contribution in [0.15, 0.2) is 28.9 Å². The number of rotatable bonds is 5. The highest BCUT2D eigenvalue weighted by molar-refractivity contribution is 5.38. The fourth-order valence-corrected chi connectivity index (χ4v) is 4.04. The van der Waals surface area contributed by atoms with E-state index in [1.807, 2.05) is 23.2 Å². The van der Waals surface area contributed by atoms with Crippen molar-refractivity contribution in [2.24, 2.45) is 0 Å². The molecule has 8 heteroatoms. The lowest BCUT2D eigenvalue weighted by Gasteiger charge is -2.45. The van der Waals surface area contributed by atoms with Crippen molar-refractivity contribution in [3.05, 3.63) is 30.3 Å². The molecule has 4 heterocycles. The molecule has 2 aromatic heterocycles. The van der Waals surface area contributed by atoms with E-state index < -0.39 is 6.10 Å². The molecule has 2 fully saturated rings. The third kappa shape index (κ3) is 4.06. The zero-order valence-electron chi connectivity index (χ0n) is 15.9. The molecule has 2 aliphatic rings. The Morgan fingerprint density at radius 2 is 2.00 bits per heavy atom. The maximum Gasteiger partial charge on any atom is 0.266 e. The van der Waals surface area contributed by atoms with Crippen molar-refractivity contribution < 1.29 is 9.63 Å². The molecule has 0 spiro atoms. The normalized spacial score (nSPS) is 24.4. The summed E-state index contributed by atoms with van der Waals surface area (Å²) in [5.41, 5.74) is 0. The molecule has 0 radical (unpaired) electrons. The van der Waals surface area contributed by atoms with E-state index in [0.29, 0.717) is 18.4 Å². The molecule has 0 aliphatic carbocycles. The first kappa shape index (κ1) is 18.2. The molecule has 2 aromatic rings. The quantitative estimate of drug-likeness (QED) is 0.838. The number of piperazine rings is 1. The number of hydrogen-bond acceptors (Lipinski definition) is 8. The molecule has 1 N–H and O–H groups in total. The highest BCUT2D eigenvalue weighted by Gasteiger charge is 2.35. The summed E-state index contributed by atoms with van der Waals surface area (Å²) >= 11 is 0. The molecule has 0 unspecified atom stereocenters. The second kappa shape index (κ2) is 8.22. The smallest absolute Gasteiger partial charge is 0.266 e. The number of pyridine rings is 1. The zero-order chi connectivity index (χ0) is 18.6. The van der Waals surface area contributed by atoms with Gasteiger partial charge in [0.15, 0.2) is 0 Å². The van der Waals surface area contributed by atoms with Gasteiger partial charge in [0.1, 0.15) is 5.82 Å². The maximum absolute atomic E-state index is 10.8. The van der Waals surface area contributed by atoms with Gasteiger partial charge in [0.2, 0.25) is 5.89 Å². The first-order chi connectivity index (χ1) is 13.2. The second-order valence-corrected chi connectivity index (χ2v) is 7.32. The minimum Gasteiger partial charge on any atom is -0.390 e. The van der Waals surface area contributed by atoms with Crippen LogP contribution in [0.5, 0.6) is 0 Å². The van der Waals surface area contributed by atoms with E-state index in [1.54, 1.807) is 0 Å². The lowest BCUT2D eigenvalue weighted by atomic mass is 9.99. The van der Waals surface area contributed by atoms with Crippen LogP contribution in [0.3, 0.4) is 0 Å². The number of hydrogen-bond donors (Lipinski definition) is 1. The molecule has 8 nitrogen and oxygen atoms in total. The topological polar surface area (TPSA) is 81.8 Å². The van der Waals surface area contributed by atoms with Crippen LogP contribution < -0.4 is 9.80 Å². The summed E-state index contributed by atoms with van der Waals surface area (Å²) in [4.78, 5) is 15.7. The lowest BCUT2D eigenvalue weighted by molar-refractivity contribution is 0.0334. The molecule has 0 amide bonds. The Bertz CT molecular complexity index is 716. The van der Waals surface area contributed by atoms with Gasteiger partial charge < -0.3 is 19.4 Å². The predicted octanol–water partition coefficient (Wildman–Crippen LogP) is 1.18. The molecule has 0 bridgehead atoms. The number of aliphatic hydroxyl groups excluding tert-OH is 1. The number of aliphatic hydroxyl groups is 1. The molecule has 4 rings (SSSR count). The summed E-state index contributed by atoms with van der Waals surface area (Å²) in [6.45, 7) is 7.25. The fraction of sp³-hybridized carbons (Fsp3) is 0.632. The molecule has 0 aromatic carbocycles. The van der Waals surface area contributed by atoms with E-state index >= 15 is 0 Å². The zero-order valence-corrected chi connectivity index (χ0v) is 15.9. The number of aryl methyl sites for hydroxylation is 1. The first-order valence-corrected chi connectivity index (χ1v) is 9.90. The van der Waals surface area contributed by atoms with E-state index in [1.165, 1.54) is 0 Å². The van der Waals surface area contributed by atoms with Crippen molar-refractivity contribution >= 4 is 11.8 Å². The molecule has 2 atom stereocenters. The molecule has 0 saturated carbocycles. The van der Waals surface area contributed by atoms with Gasteiger partial charge in [-0.25, -0.2) is 4.98 Å². The Kier molecular flexibility index (Phi) is 5.54. The SMILES string of the molecule is CCCc1nc(N2CC[C@@H](N3CCN(c4ccccn4)CC3)[C@H](O)C2)no1. The average molecular weight is 372 g/mol. The van der Waals surface area contributed by atoms with Crippen LogP contribution in [0, 0.1) is 0 Å². The molecular weight excluding hydrogens is 344 g/mol. The van der Waals surface area contributed by atoms with E-state index in [0.717, 1.165) is 57.8 Å². The van der Waals surface area contributed by atoms with E-state index in [9.17, 15) is 5.11 Å². The van der Waals surface area contributed by atoms with Crippen molar-refractivity contribution in [2.45, 2.75) is 38.3 Å². The number of aromatic nitrogens is 3. The number of nitrogens with zero attached hydrogens (tertiary/aromatic N) is 6. The Morgan fingerprint density at radius 1 is 1.15 bits per heavy atom. The van der Waals surface area contributed by atoms with E-state index in [4.69, 9.17) is 4.52 Å². The molecular formula is C19H28N6O2. The van der Waals surface area contributed by atoms with Gasteiger partial charge in [0, 0.05) is 57.9 Å². The summed E-state index contributed by atoms with van der Waals surface area (Å²) in [5.74, 6) is 2.32. The van der Waals surface area contributed by atoms with Gasteiger partial charge in [0.05, 0.1) is 6.10 Å². The van der Waals surface area contributed by atoms with Gasteiger partial charge in [-0.1, -0.05) is 13.0 Å². The average Bonchev–Trinajstić information content (AvgIpc) is 3.18. The monoisotopic (exact) mass is 372 g/mol. The van der Waals surface area contributed by atoms with Crippen LogP contribution in [-0.2, 0) is 6.42 Å². The summed E-state index contributed by atoms with van der Waals surface area (Å²) in [7, 11) is 0. The minimum absolute atomic E-state index is 0.189. The number of β-amino-alcohol motifs (C(OH)–C–C–N with tert-alkyl or cyclic N) is 1. The Hall–Kier alpha value is -2.19. The van der Waals surface area contributed by atoms with Crippen LogP contribution in [0.4, 0.5) is 11.8 Å². The molecule has 2 aliphatic heterocycles. The Balaban J connectivity index is 1.31. The van der Waals surface area contributed by atoms with Gasteiger partial charge in [-0.3, -0.25) is 4.90 Å². The van der Waals surface area contributed by atoms with Crippen LogP contribution >= 0.6 is 0 Å². The third-order valence-electron chi connectivity index (χ3n) is 5.51. The van der Waals surface area contributed by atoms with Crippen molar-refractivity contribution in [1.29, 1.82) is 0 Å². The van der Waals surface area contributed by atoms with Crippen molar-refractivity contribution in [2.75, 3.05) is 49.1 Å². The summed E-state index contributed by atoms with van der Waals surface area (Å²) in [6, 6.07) is 6.21. The van der Waals surface area contributed by atoms with E-state index in [-0.39, 0.29) is 6.04 Å². The Morgan fingerprint density at radius 3 is 2.70 bits per heavy atom.